The van der Waals surface area contributed by atoms with E-state index in [1.165, 1.54) is 10.8 Å². The lowest BCUT2D eigenvalue weighted by Crippen LogP contribution is -2.01. The van der Waals surface area contributed by atoms with E-state index in [1.54, 1.807) is 0 Å². The maximum Gasteiger partial charge on any atom is 0.164 e. The van der Waals surface area contributed by atoms with Crippen LogP contribution in [0, 0.1) is 0 Å². The predicted octanol–water partition coefficient (Wildman–Crippen LogP) is 14.7. The number of aromatic nitrogens is 3. The van der Waals surface area contributed by atoms with Crippen molar-refractivity contribution in [1.29, 1.82) is 0 Å². The molecule has 0 aliphatic carbocycles. The van der Waals surface area contributed by atoms with Crippen molar-refractivity contribution >= 4 is 60.7 Å². The maximum absolute atomic E-state index is 6.57. The lowest BCUT2D eigenvalue weighted by molar-refractivity contribution is 0.668. The van der Waals surface area contributed by atoms with Gasteiger partial charge in [0.15, 0.2) is 17.5 Å². The first-order chi connectivity index (χ1) is 29.2. The van der Waals surface area contributed by atoms with Gasteiger partial charge in [0.1, 0.15) is 22.3 Å². The summed E-state index contributed by atoms with van der Waals surface area (Å²) in [6.45, 7) is 2.02. The second-order valence-electron chi connectivity index (χ2n) is 14.7. The zero-order valence-corrected chi connectivity index (χ0v) is 32.1. The average molecular weight is 758 g/mol. The molecule has 0 radical (unpaired) electrons. The van der Waals surface area contributed by atoms with Crippen LogP contribution >= 0.6 is 0 Å². The van der Waals surface area contributed by atoms with Crippen LogP contribution in [0.1, 0.15) is 12.5 Å². The van der Waals surface area contributed by atoms with Crippen molar-refractivity contribution in [3.63, 3.8) is 0 Å². The standard InChI is InChI=1S/C54H35N3O2/c1-2-3-5-18-39-32-40(41-20-12-23-47-50(41)44-30-27-38(33-49(44)59-47)37-26-25-34-14-8-9-17-36(34)31-37)28-29-42(39)53-55-52(35-15-6-4-7-16-35)56-54(57-53)45-21-13-24-48-51(45)43-19-10-11-22-46(43)58-48/h2-33H,1H3/b3-2-,18-5-. The molecule has 0 fully saturated rings. The minimum absolute atomic E-state index is 0.580. The Kier molecular flexibility index (Phi) is 8.30. The number of para-hydroxylation sites is 1. The van der Waals surface area contributed by atoms with Crippen LogP contribution < -0.4 is 0 Å². The lowest BCUT2D eigenvalue weighted by Gasteiger charge is -2.13. The van der Waals surface area contributed by atoms with E-state index in [2.05, 4.69) is 121 Å². The van der Waals surface area contributed by atoms with E-state index in [-0.39, 0.29) is 0 Å². The molecule has 0 bridgehead atoms. The molecule has 5 nitrogen and oxygen atoms in total. The van der Waals surface area contributed by atoms with Gasteiger partial charge >= 0.3 is 0 Å². The fourth-order valence-electron chi connectivity index (χ4n) is 8.25. The molecule has 0 unspecified atom stereocenters. The van der Waals surface area contributed by atoms with Crippen LogP contribution in [0.2, 0.25) is 0 Å². The molecule has 0 spiro atoms. The van der Waals surface area contributed by atoms with E-state index >= 15 is 0 Å². The van der Waals surface area contributed by atoms with Gasteiger partial charge in [-0.25, -0.2) is 15.0 Å². The van der Waals surface area contributed by atoms with Gasteiger partial charge in [-0.1, -0.05) is 146 Å². The normalized spacial score (nSPS) is 12.0. The summed E-state index contributed by atoms with van der Waals surface area (Å²) in [5.74, 6) is 1.76. The summed E-state index contributed by atoms with van der Waals surface area (Å²) in [5, 5.41) is 6.60. The summed E-state index contributed by atoms with van der Waals surface area (Å²) < 4.78 is 12.8. The number of hydrogen-bond acceptors (Lipinski definition) is 5. The number of benzene rings is 8. The van der Waals surface area contributed by atoms with Gasteiger partial charge in [-0.3, -0.25) is 0 Å². The van der Waals surface area contributed by atoms with Crippen LogP contribution in [0.3, 0.4) is 0 Å². The van der Waals surface area contributed by atoms with E-state index in [9.17, 15) is 0 Å². The summed E-state index contributed by atoms with van der Waals surface area (Å²) in [5.41, 5.74) is 11.4. The van der Waals surface area contributed by atoms with Gasteiger partial charge in [0.05, 0.1) is 0 Å². The summed E-state index contributed by atoms with van der Waals surface area (Å²) >= 11 is 0. The van der Waals surface area contributed by atoms with Gasteiger partial charge in [-0.15, -0.1) is 0 Å². The van der Waals surface area contributed by atoms with Gasteiger partial charge in [0, 0.05) is 38.2 Å². The van der Waals surface area contributed by atoms with Crippen LogP contribution in [-0.4, -0.2) is 15.0 Å². The molecule has 11 aromatic rings. The molecule has 8 aromatic carbocycles. The third-order valence-corrected chi connectivity index (χ3v) is 11.1. The van der Waals surface area contributed by atoms with Gasteiger partial charge in [0.25, 0.3) is 0 Å². The van der Waals surface area contributed by atoms with Gasteiger partial charge in [0.2, 0.25) is 0 Å². The molecule has 11 rings (SSSR count). The Hall–Kier alpha value is -7.89. The van der Waals surface area contributed by atoms with Gasteiger partial charge < -0.3 is 8.83 Å². The average Bonchev–Trinajstić information content (AvgIpc) is 3.87. The second-order valence-corrected chi connectivity index (χ2v) is 14.7. The molecule has 0 saturated heterocycles. The van der Waals surface area contributed by atoms with Crippen molar-refractivity contribution in [2.45, 2.75) is 6.92 Å². The van der Waals surface area contributed by atoms with Crippen molar-refractivity contribution in [1.82, 2.24) is 15.0 Å². The van der Waals surface area contributed by atoms with E-state index in [0.29, 0.717) is 17.5 Å². The summed E-state index contributed by atoms with van der Waals surface area (Å²) in [4.78, 5) is 15.5. The van der Waals surface area contributed by atoms with Crippen molar-refractivity contribution in [3.8, 4) is 56.4 Å². The first-order valence-corrected chi connectivity index (χ1v) is 19.8. The largest absolute Gasteiger partial charge is 0.456 e. The van der Waals surface area contributed by atoms with Crippen LogP contribution in [0.15, 0.2) is 197 Å². The summed E-state index contributed by atoms with van der Waals surface area (Å²) in [7, 11) is 0. The van der Waals surface area contributed by atoms with Crippen LogP contribution in [0.25, 0.3) is 117 Å². The Bertz CT molecular complexity index is 3460. The van der Waals surface area contributed by atoms with Crippen LogP contribution in [0.4, 0.5) is 0 Å². The quantitative estimate of drug-likeness (QED) is 0.151. The second kappa shape index (κ2) is 14.2. The topological polar surface area (TPSA) is 65.0 Å². The zero-order chi connectivity index (χ0) is 39.3. The minimum atomic E-state index is 0.580. The number of fused-ring (bicyclic) bond motifs is 7. The number of allylic oxidation sites excluding steroid dienone is 3. The van der Waals surface area contributed by atoms with E-state index < -0.39 is 0 Å². The number of nitrogens with zero attached hydrogens (tertiary/aromatic N) is 3. The highest BCUT2D eigenvalue weighted by molar-refractivity contribution is 6.14. The fourth-order valence-corrected chi connectivity index (χ4v) is 8.25. The SMILES string of the molecule is C/C=C\C=C/c1cc(-c2cccc3oc4cc(-c5ccc6ccccc6c5)ccc4c23)ccc1-c1nc(-c2ccccc2)nc(-c2cccc3oc4ccccc4c23)n1. The monoisotopic (exact) mass is 757 g/mol. The molecule has 59 heavy (non-hydrogen) atoms. The van der Waals surface area contributed by atoms with Gasteiger partial charge in [-0.05, 0) is 94.0 Å². The highest BCUT2D eigenvalue weighted by Gasteiger charge is 2.20. The van der Waals surface area contributed by atoms with Crippen molar-refractivity contribution in [3.05, 3.63) is 194 Å². The van der Waals surface area contributed by atoms with Crippen molar-refractivity contribution < 1.29 is 8.83 Å². The number of furan rings is 2. The maximum atomic E-state index is 6.57. The van der Waals surface area contributed by atoms with Crippen molar-refractivity contribution in [2.24, 2.45) is 0 Å². The Labute approximate surface area is 340 Å². The number of rotatable bonds is 7. The highest BCUT2D eigenvalue weighted by Crippen LogP contribution is 2.41. The molecule has 5 heteroatoms. The molecular formula is C54H35N3O2. The molecule has 0 amide bonds. The zero-order valence-electron chi connectivity index (χ0n) is 32.1. The van der Waals surface area contributed by atoms with Crippen LogP contribution in [0.5, 0.6) is 0 Å². The molecule has 0 atom stereocenters. The Morgan fingerprint density at radius 1 is 0.390 bits per heavy atom. The van der Waals surface area contributed by atoms with E-state index in [4.69, 9.17) is 23.8 Å². The molecule has 0 N–H and O–H groups in total. The molecule has 3 aromatic heterocycles. The molecule has 0 aliphatic rings. The first-order valence-electron chi connectivity index (χ1n) is 19.8. The molecule has 0 saturated carbocycles. The summed E-state index contributed by atoms with van der Waals surface area (Å²) in [6.07, 6.45) is 8.24. The van der Waals surface area contributed by atoms with Crippen LogP contribution in [-0.2, 0) is 0 Å². The van der Waals surface area contributed by atoms with E-state index in [0.717, 1.165) is 88.4 Å². The van der Waals surface area contributed by atoms with Crippen molar-refractivity contribution in [2.75, 3.05) is 0 Å². The minimum Gasteiger partial charge on any atom is -0.456 e. The third-order valence-electron chi connectivity index (χ3n) is 11.1. The fraction of sp³-hybridized carbons (Fsp3) is 0.0185. The lowest BCUT2D eigenvalue weighted by atomic mass is 9.94. The highest BCUT2D eigenvalue weighted by atomic mass is 16.3. The molecule has 278 valence electrons. The van der Waals surface area contributed by atoms with Gasteiger partial charge in [-0.2, -0.15) is 0 Å². The summed E-state index contributed by atoms with van der Waals surface area (Å²) in [6, 6.07) is 58.7. The Morgan fingerprint density at radius 3 is 1.86 bits per heavy atom. The molecule has 0 aliphatic heterocycles. The Morgan fingerprint density at radius 2 is 1.02 bits per heavy atom. The molecular weight excluding hydrogens is 723 g/mol. The molecule has 3 heterocycles. The predicted molar refractivity (Wildman–Crippen MR) is 243 cm³/mol. The smallest absolute Gasteiger partial charge is 0.164 e. The first kappa shape index (κ1) is 34.4. The Balaban J connectivity index is 1.07. The number of hydrogen-bond donors (Lipinski definition) is 0. The third kappa shape index (κ3) is 6.08. The van der Waals surface area contributed by atoms with E-state index in [1.807, 2.05) is 79.7 Å².